The zero-order valence-corrected chi connectivity index (χ0v) is 15.6. The molecule has 2 aromatic carbocycles. The number of benzene rings is 2. The highest BCUT2D eigenvalue weighted by Gasteiger charge is 2.50. The molecule has 8 nitrogen and oxygen atoms in total. The fourth-order valence-electron chi connectivity index (χ4n) is 2.75. The van der Waals surface area contributed by atoms with E-state index in [1.165, 1.54) is 48.5 Å². The number of sulfonamides is 1. The van der Waals surface area contributed by atoms with Crippen molar-refractivity contribution in [1.82, 2.24) is 4.72 Å². The molecule has 0 aliphatic carbocycles. The van der Waals surface area contributed by atoms with Gasteiger partial charge in [0.2, 0.25) is 10.0 Å². The first-order chi connectivity index (χ1) is 13.2. The van der Waals surface area contributed by atoms with Gasteiger partial charge in [-0.2, -0.15) is 4.72 Å². The van der Waals surface area contributed by atoms with E-state index in [-0.39, 0.29) is 17.9 Å². The summed E-state index contributed by atoms with van der Waals surface area (Å²) in [5, 5.41) is 9.57. The maximum absolute atomic E-state index is 12.9. The summed E-state index contributed by atoms with van der Waals surface area (Å²) in [5.74, 6) is -0.533. The van der Waals surface area contributed by atoms with Gasteiger partial charge in [-0.3, -0.25) is 0 Å². The molecular formula is C18H18FNO7S. The number of methoxy groups -OCH3 is 1. The maximum atomic E-state index is 12.9. The maximum Gasteiger partial charge on any atom is 0.329 e. The van der Waals surface area contributed by atoms with Gasteiger partial charge in [-0.1, -0.05) is 0 Å². The van der Waals surface area contributed by atoms with Gasteiger partial charge in [0.1, 0.15) is 17.3 Å². The molecule has 0 bridgehead atoms. The summed E-state index contributed by atoms with van der Waals surface area (Å²) in [6.07, 6.45) is -1.56. The summed E-state index contributed by atoms with van der Waals surface area (Å²) < 4.78 is 55.7. The van der Waals surface area contributed by atoms with Crippen LogP contribution in [0.1, 0.15) is 6.42 Å². The van der Waals surface area contributed by atoms with Gasteiger partial charge in [0, 0.05) is 6.42 Å². The van der Waals surface area contributed by atoms with Crippen molar-refractivity contribution in [2.24, 2.45) is 0 Å². The minimum absolute atomic E-state index is 0.122. The SMILES string of the molecule is COC(=O)[C@@]1(NS(=O)(=O)c2ccc(Oc3ccc(F)cc3)cc2)COC(O)C1. The molecule has 150 valence electrons. The second kappa shape index (κ2) is 7.84. The van der Waals surface area contributed by atoms with Crippen LogP contribution < -0.4 is 9.46 Å². The van der Waals surface area contributed by atoms with Crippen LogP contribution in [0.5, 0.6) is 11.5 Å². The number of aliphatic hydroxyl groups excluding tert-OH is 1. The van der Waals surface area contributed by atoms with Crippen molar-refractivity contribution >= 4 is 16.0 Å². The van der Waals surface area contributed by atoms with Crippen LogP contribution in [0, 0.1) is 5.82 Å². The van der Waals surface area contributed by atoms with Crippen molar-refractivity contribution in [3.05, 3.63) is 54.3 Å². The molecule has 3 rings (SSSR count). The zero-order chi connectivity index (χ0) is 20.4. The first-order valence-electron chi connectivity index (χ1n) is 8.20. The average molecular weight is 411 g/mol. The van der Waals surface area contributed by atoms with E-state index in [1.807, 2.05) is 0 Å². The Kier molecular flexibility index (Phi) is 5.66. The molecule has 2 N–H and O–H groups in total. The van der Waals surface area contributed by atoms with E-state index in [9.17, 15) is 22.7 Å². The molecule has 1 saturated heterocycles. The second-order valence-corrected chi connectivity index (χ2v) is 7.86. The molecule has 0 saturated carbocycles. The van der Waals surface area contributed by atoms with E-state index in [0.29, 0.717) is 11.5 Å². The van der Waals surface area contributed by atoms with Crippen LogP contribution >= 0.6 is 0 Å². The second-order valence-electron chi connectivity index (χ2n) is 6.18. The first kappa shape index (κ1) is 20.2. The van der Waals surface area contributed by atoms with Gasteiger partial charge >= 0.3 is 5.97 Å². The highest BCUT2D eigenvalue weighted by atomic mass is 32.2. The molecule has 1 aliphatic heterocycles. The first-order valence-corrected chi connectivity index (χ1v) is 9.68. The normalized spacial score (nSPS) is 22.0. The molecular weight excluding hydrogens is 393 g/mol. The predicted octanol–water partition coefficient (Wildman–Crippen LogP) is 1.55. The van der Waals surface area contributed by atoms with E-state index in [1.54, 1.807) is 0 Å². The Morgan fingerprint density at radius 3 is 2.25 bits per heavy atom. The van der Waals surface area contributed by atoms with Crippen molar-refractivity contribution < 1.29 is 36.9 Å². The van der Waals surface area contributed by atoms with E-state index in [2.05, 4.69) is 9.46 Å². The Balaban J connectivity index is 1.78. The summed E-state index contributed by atoms with van der Waals surface area (Å²) in [4.78, 5) is 12.0. The third kappa shape index (κ3) is 4.30. The summed E-state index contributed by atoms with van der Waals surface area (Å²) >= 11 is 0. The molecule has 2 aromatic rings. The lowest BCUT2D eigenvalue weighted by Gasteiger charge is -2.25. The van der Waals surface area contributed by atoms with Gasteiger partial charge in [-0.05, 0) is 48.5 Å². The van der Waals surface area contributed by atoms with Crippen molar-refractivity contribution in [3.63, 3.8) is 0 Å². The average Bonchev–Trinajstić information content (AvgIpc) is 3.04. The monoisotopic (exact) mass is 411 g/mol. The van der Waals surface area contributed by atoms with E-state index >= 15 is 0 Å². The fraction of sp³-hybridized carbons (Fsp3) is 0.278. The summed E-state index contributed by atoms with van der Waals surface area (Å²) in [5.41, 5.74) is -1.71. The standard InChI is InChI=1S/C18H18FNO7S/c1-25-17(22)18(10-16(21)26-11-18)20-28(23,24)15-8-6-14(7-9-15)27-13-4-2-12(19)3-5-13/h2-9,16,20-21H,10-11H2,1H3/t16?,18-/m0/s1. The van der Waals surface area contributed by atoms with Crippen molar-refractivity contribution in [2.75, 3.05) is 13.7 Å². The lowest BCUT2D eigenvalue weighted by atomic mass is 10.0. The number of aliphatic hydroxyl groups is 1. The van der Waals surface area contributed by atoms with Gasteiger partial charge in [0.05, 0.1) is 18.6 Å². The van der Waals surface area contributed by atoms with Crippen LogP contribution in [-0.4, -0.2) is 45.0 Å². The molecule has 0 spiro atoms. The molecule has 1 aliphatic rings. The summed E-state index contributed by atoms with van der Waals surface area (Å²) in [6.45, 7) is -0.355. The van der Waals surface area contributed by atoms with Crippen LogP contribution in [0.3, 0.4) is 0 Å². The number of esters is 1. The number of carbonyl (C=O) groups is 1. The molecule has 1 fully saturated rings. The van der Waals surface area contributed by atoms with E-state index < -0.39 is 33.6 Å². The van der Waals surface area contributed by atoms with Crippen molar-refractivity contribution in [3.8, 4) is 11.5 Å². The van der Waals surface area contributed by atoms with Crippen LogP contribution in [0.15, 0.2) is 53.4 Å². The Hall–Kier alpha value is -2.53. The number of hydrogen-bond acceptors (Lipinski definition) is 7. The number of rotatable bonds is 6. The van der Waals surface area contributed by atoms with Crippen molar-refractivity contribution in [2.45, 2.75) is 23.1 Å². The fourth-order valence-corrected chi connectivity index (χ4v) is 4.10. The third-order valence-electron chi connectivity index (χ3n) is 4.13. The van der Waals surface area contributed by atoms with Crippen LogP contribution in [-0.2, 0) is 24.3 Å². The topological polar surface area (TPSA) is 111 Å². The van der Waals surface area contributed by atoms with Gasteiger partial charge < -0.3 is 19.3 Å². The molecule has 0 radical (unpaired) electrons. The van der Waals surface area contributed by atoms with Gasteiger partial charge in [0.15, 0.2) is 11.8 Å². The number of ether oxygens (including phenoxy) is 3. The molecule has 2 atom stereocenters. The van der Waals surface area contributed by atoms with Crippen LogP contribution in [0.25, 0.3) is 0 Å². The Bertz CT molecular complexity index is 947. The minimum atomic E-state index is -4.12. The number of nitrogens with one attached hydrogen (secondary N) is 1. The Morgan fingerprint density at radius 1 is 1.18 bits per heavy atom. The van der Waals surface area contributed by atoms with E-state index in [4.69, 9.17) is 9.47 Å². The predicted molar refractivity (Wildman–Crippen MR) is 94.6 cm³/mol. The molecule has 0 aromatic heterocycles. The Labute approximate surface area is 160 Å². The molecule has 10 heteroatoms. The molecule has 28 heavy (non-hydrogen) atoms. The molecule has 1 unspecified atom stereocenters. The number of hydrogen-bond donors (Lipinski definition) is 2. The van der Waals surface area contributed by atoms with Gasteiger partial charge in [0.25, 0.3) is 0 Å². The summed E-state index contributed by atoms with van der Waals surface area (Å²) in [7, 11) is -3.01. The minimum Gasteiger partial charge on any atom is -0.468 e. The van der Waals surface area contributed by atoms with Crippen LogP contribution in [0.2, 0.25) is 0 Å². The van der Waals surface area contributed by atoms with Gasteiger partial charge in [-0.25, -0.2) is 17.6 Å². The van der Waals surface area contributed by atoms with Crippen molar-refractivity contribution in [1.29, 1.82) is 0 Å². The molecule has 1 heterocycles. The van der Waals surface area contributed by atoms with E-state index in [0.717, 1.165) is 7.11 Å². The smallest absolute Gasteiger partial charge is 0.329 e. The molecule has 0 amide bonds. The largest absolute Gasteiger partial charge is 0.468 e. The summed E-state index contributed by atoms with van der Waals surface area (Å²) in [6, 6.07) is 10.8. The highest BCUT2D eigenvalue weighted by Crippen LogP contribution is 2.28. The zero-order valence-electron chi connectivity index (χ0n) is 14.8. The van der Waals surface area contributed by atoms with Gasteiger partial charge in [-0.15, -0.1) is 0 Å². The number of halogens is 1. The Morgan fingerprint density at radius 2 is 1.75 bits per heavy atom. The third-order valence-corrected chi connectivity index (χ3v) is 5.69. The lowest BCUT2D eigenvalue weighted by Crippen LogP contribution is -2.55. The number of carbonyl (C=O) groups excluding carboxylic acids is 1. The quantitative estimate of drug-likeness (QED) is 0.694. The van der Waals surface area contributed by atoms with Crippen LogP contribution in [0.4, 0.5) is 4.39 Å². The lowest BCUT2D eigenvalue weighted by molar-refractivity contribution is -0.147. The highest BCUT2D eigenvalue weighted by molar-refractivity contribution is 7.89.